The van der Waals surface area contributed by atoms with Crippen molar-refractivity contribution in [3.63, 3.8) is 0 Å². The van der Waals surface area contributed by atoms with Crippen molar-refractivity contribution in [1.82, 2.24) is 0 Å². The second-order valence-corrected chi connectivity index (χ2v) is 4.84. The summed E-state index contributed by atoms with van der Waals surface area (Å²) in [6.07, 6.45) is 0. The van der Waals surface area contributed by atoms with E-state index in [1.807, 2.05) is 24.3 Å². The molecule has 24 heavy (non-hydrogen) atoms. The topological polar surface area (TPSA) is 133 Å². The molecule has 0 aromatic heterocycles. The number of carbonyl (C=O) groups is 1. The van der Waals surface area contributed by atoms with Crippen molar-refractivity contribution in [2.24, 2.45) is 16.1 Å². The van der Waals surface area contributed by atoms with Gasteiger partial charge in [-0.2, -0.15) is 5.53 Å². The molecule has 5 N–H and O–H groups in total. The Bertz CT molecular complexity index is 726. The zero-order chi connectivity index (χ0) is 17.4. The molecule has 0 atom stereocenters. The molecule has 8 heteroatoms. The smallest absolute Gasteiger partial charge is 0.341 e. The summed E-state index contributed by atoms with van der Waals surface area (Å²) < 4.78 is 5.08. The number of ether oxygens (including phenoxy) is 1. The van der Waals surface area contributed by atoms with Gasteiger partial charge >= 0.3 is 5.97 Å². The van der Waals surface area contributed by atoms with Gasteiger partial charge in [-0.05, 0) is 42.0 Å². The van der Waals surface area contributed by atoms with Gasteiger partial charge in [-0.15, -0.1) is 5.10 Å². The Morgan fingerprint density at radius 1 is 1.17 bits per heavy atom. The van der Waals surface area contributed by atoms with Crippen LogP contribution in [0.25, 0.3) is 0 Å². The summed E-state index contributed by atoms with van der Waals surface area (Å²) in [6.45, 7) is 0.244. The highest BCUT2D eigenvalue weighted by atomic mass is 16.5. The van der Waals surface area contributed by atoms with Gasteiger partial charge in [0.2, 0.25) is 0 Å². The number of anilines is 1. The summed E-state index contributed by atoms with van der Waals surface area (Å²) in [5.41, 5.74) is 14.9. The van der Waals surface area contributed by atoms with E-state index >= 15 is 0 Å². The first-order valence-corrected chi connectivity index (χ1v) is 7.06. The van der Waals surface area contributed by atoms with Crippen LogP contribution < -0.4 is 15.8 Å². The summed E-state index contributed by atoms with van der Waals surface area (Å²) in [7, 11) is 0. The summed E-state index contributed by atoms with van der Waals surface area (Å²) in [5, 5.41) is 18.2. The average molecular weight is 327 g/mol. The fourth-order valence-corrected chi connectivity index (χ4v) is 1.92. The Hall–Kier alpha value is -3.42. The van der Waals surface area contributed by atoms with Crippen LogP contribution in [-0.4, -0.2) is 23.5 Å². The van der Waals surface area contributed by atoms with Crippen molar-refractivity contribution in [1.29, 1.82) is 5.53 Å². The number of nitrogens with zero attached hydrogens (tertiary/aromatic N) is 2. The average Bonchev–Trinajstić information content (AvgIpc) is 2.59. The second kappa shape index (κ2) is 8.28. The van der Waals surface area contributed by atoms with Gasteiger partial charge in [-0.3, -0.25) is 0 Å². The van der Waals surface area contributed by atoms with Crippen LogP contribution in [0.2, 0.25) is 0 Å². The van der Waals surface area contributed by atoms with E-state index in [4.69, 9.17) is 21.1 Å². The molecule has 0 saturated heterocycles. The summed E-state index contributed by atoms with van der Waals surface area (Å²) in [4.78, 5) is 10.4. The zero-order valence-electron chi connectivity index (χ0n) is 12.8. The first kappa shape index (κ1) is 16.9. The number of nitrogens with two attached hydrogens (primary N) is 1. The minimum absolute atomic E-state index is 0.188. The molecular formula is C16H17N5O3. The lowest BCUT2D eigenvalue weighted by Crippen LogP contribution is -2.12. The number of rotatable bonds is 8. The number of benzene rings is 2. The second-order valence-electron chi connectivity index (χ2n) is 4.84. The van der Waals surface area contributed by atoms with Crippen molar-refractivity contribution >= 4 is 17.5 Å². The first-order chi connectivity index (χ1) is 11.6. The molecule has 2 aromatic rings. The molecule has 0 heterocycles. The molecule has 0 bridgehead atoms. The number of nitrogens with one attached hydrogen (secondary N) is 2. The van der Waals surface area contributed by atoms with E-state index in [1.54, 1.807) is 24.3 Å². The molecule has 0 fully saturated rings. The number of carboxylic acid groups (broad SMARTS) is 1. The van der Waals surface area contributed by atoms with Gasteiger partial charge in [-0.1, -0.05) is 17.4 Å². The van der Waals surface area contributed by atoms with Gasteiger partial charge in [0.25, 0.3) is 0 Å². The third-order valence-corrected chi connectivity index (χ3v) is 3.12. The Labute approximate surface area is 138 Å². The maximum absolute atomic E-state index is 10.4. The van der Waals surface area contributed by atoms with Gasteiger partial charge in [-0.25, -0.2) is 4.79 Å². The molecule has 0 unspecified atom stereocenters. The Balaban J connectivity index is 1.90. The molecule has 0 aliphatic carbocycles. The van der Waals surface area contributed by atoms with Crippen LogP contribution >= 0.6 is 0 Å². The molecule has 2 rings (SSSR count). The van der Waals surface area contributed by atoms with E-state index in [9.17, 15) is 4.79 Å². The highest BCUT2D eigenvalue weighted by Gasteiger charge is 2.01. The minimum Gasteiger partial charge on any atom is -0.482 e. The SMILES string of the molecule is N=NN=C(N)c1ccc(NCc2ccc(OCC(=O)O)cc2)cc1. The lowest BCUT2D eigenvalue weighted by Gasteiger charge is -2.08. The van der Waals surface area contributed by atoms with E-state index in [0.29, 0.717) is 17.9 Å². The maximum atomic E-state index is 10.4. The fraction of sp³-hybridized carbons (Fsp3) is 0.125. The van der Waals surface area contributed by atoms with Crippen LogP contribution in [-0.2, 0) is 11.3 Å². The molecule has 0 radical (unpaired) electrons. The fourth-order valence-electron chi connectivity index (χ4n) is 1.92. The summed E-state index contributed by atoms with van der Waals surface area (Å²) in [6, 6.07) is 14.5. The van der Waals surface area contributed by atoms with Gasteiger partial charge in [0, 0.05) is 17.8 Å². The van der Waals surface area contributed by atoms with Crippen molar-refractivity contribution in [2.75, 3.05) is 11.9 Å². The third-order valence-electron chi connectivity index (χ3n) is 3.12. The van der Waals surface area contributed by atoms with E-state index in [0.717, 1.165) is 11.3 Å². The van der Waals surface area contributed by atoms with E-state index < -0.39 is 5.97 Å². The third kappa shape index (κ3) is 5.09. The van der Waals surface area contributed by atoms with Crippen LogP contribution in [0.3, 0.4) is 0 Å². The Kier molecular flexibility index (Phi) is 5.84. The molecule has 0 spiro atoms. The largest absolute Gasteiger partial charge is 0.482 e. The monoisotopic (exact) mass is 327 g/mol. The molecule has 0 aliphatic heterocycles. The highest BCUT2D eigenvalue weighted by molar-refractivity contribution is 5.97. The van der Waals surface area contributed by atoms with Crippen molar-refractivity contribution < 1.29 is 14.6 Å². The summed E-state index contributed by atoms with van der Waals surface area (Å²) >= 11 is 0. The molecule has 124 valence electrons. The van der Waals surface area contributed by atoms with Crippen LogP contribution in [0.1, 0.15) is 11.1 Å². The molecule has 0 aliphatic rings. The van der Waals surface area contributed by atoms with E-state index in [1.165, 1.54) is 0 Å². The highest BCUT2D eigenvalue weighted by Crippen LogP contribution is 2.15. The van der Waals surface area contributed by atoms with Crippen LogP contribution in [0, 0.1) is 5.53 Å². The molecule has 2 aromatic carbocycles. The molecule has 0 amide bonds. The normalized spacial score (nSPS) is 10.9. The van der Waals surface area contributed by atoms with Gasteiger partial charge in [0.05, 0.1) is 0 Å². The zero-order valence-corrected chi connectivity index (χ0v) is 12.8. The number of hydrogen-bond donors (Lipinski definition) is 4. The summed E-state index contributed by atoms with van der Waals surface area (Å²) in [5.74, 6) is -0.306. The van der Waals surface area contributed by atoms with Gasteiger partial charge in [0.15, 0.2) is 12.4 Å². The standard InChI is InChI=1S/C16H17N5O3/c17-16(20-21-18)12-3-5-13(6-4-12)19-9-11-1-7-14(8-2-11)24-10-15(22)23/h1-8,19H,9-10H2,(H,22,23)(H3,17,18,20). The number of hydrogen-bond acceptors (Lipinski definition) is 5. The Morgan fingerprint density at radius 3 is 2.42 bits per heavy atom. The Morgan fingerprint density at radius 2 is 1.83 bits per heavy atom. The number of amidine groups is 1. The molecule has 0 saturated carbocycles. The van der Waals surface area contributed by atoms with Crippen LogP contribution in [0.4, 0.5) is 5.69 Å². The van der Waals surface area contributed by atoms with Crippen molar-refractivity contribution in [2.45, 2.75) is 6.54 Å². The predicted octanol–water partition coefficient (Wildman–Crippen LogP) is 2.41. The van der Waals surface area contributed by atoms with Crippen LogP contribution in [0.15, 0.2) is 58.9 Å². The predicted molar refractivity (Wildman–Crippen MR) is 89.2 cm³/mol. The van der Waals surface area contributed by atoms with Crippen molar-refractivity contribution in [3.8, 4) is 5.75 Å². The number of carboxylic acids is 1. The van der Waals surface area contributed by atoms with E-state index in [-0.39, 0.29) is 12.4 Å². The van der Waals surface area contributed by atoms with Gasteiger partial charge in [0.1, 0.15) is 5.75 Å². The van der Waals surface area contributed by atoms with Crippen molar-refractivity contribution in [3.05, 3.63) is 59.7 Å². The maximum Gasteiger partial charge on any atom is 0.341 e. The first-order valence-electron chi connectivity index (χ1n) is 7.06. The van der Waals surface area contributed by atoms with E-state index in [2.05, 4.69) is 15.6 Å². The minimum atomic E-state index is -1.01. The number of aliphatic carboxylic acids is 1. The van der Waals surface area contributed by atoms with Gasteiger partial charge < -0.3 is 20.9 Å². The van der Waals surface area contributed by atoms with Crippen LogP contribution in [0.5, 0.6) is 5.75 Å². The molecule has 8 nitrogen and oxygen atoms in total. The lowest BCUT2D eigenvalue weighted by atomic mass is 10.1. The lowest BCUT2D eigenvalue weighted by molar-refractivity contribution is -0.139. The molecular weight excluding hydrogens is 310 g/mol. The quantitative estimate of drug-likeness (QED) is 0.256.